The highest BCUT2D eigenvalue weighted by molar-refractivity contribution is 7.13. The Morgan fingerprint density at radius 2 is 1.94 bits per heavy atom. The fourth-order valence-electron chi connectivity index (χ4n) is 1.90. The van der Waals surface area contributed by atoms with Gasteiger partial charge in [0, 0.05) is 28.0 Å². The number of rotatable bonds is 1. The van der Waals surface area contributed by atoms with E-state index in [1.165, 1.54) is 11.3 Å². The molecule has 0 amide bonds. The quantitative estimate of drug-likeness (QED) is 0.711. The molecule has 0 bridgehead atoms. The minimum absolute atomic E-state index is 0.209. The highest BCUT2D eigenvalue weighted by Gasteiger charge is 2.13. The van der Waals surface area contributed by atoms with Gasteiger partial charge in [-0.2, -0.15) is 0 Å². The Bertz CT molecular complexity index is 677. The second kappa shape index (κ2) is 3.82. The molecule has 2 aromatic heterocycles. The molecule has 0 atom stereocenters. The number of aryl methyl sites for hydroxylation is 1. The van der Waals surface area contributed by atoms with Crippen LogP contribution in [0.25, 0.3) is 21.5 Å². The Labute approximate surface area is 102 Å². The fraction of sp³-hybridized carbons (Fsp3) is 0.0769. The topological polar surface area (TPSA) is 46.0 Å². The number of benzene rings is 1. The van der Waals surface area contributed by atoms with Crippen LogP contribution in [0.5, 0.6) is 5.75 Å². The van der Waals surface area contributed by atoms with Crippen LogP contribution in [0.1, 0.15) is 5.69 Å². The van der Waals surface area contributed by atoms with Crippen LogP contribution < -0.4 is 0 Å². The molecule has 0 saturated heterocycles. The van der Waals surface area contributed by atoms with Crippen LogP contribution in [0.3, 0.4) is 0 Å². The molecule has 84 valence electrons. The molecule has 3 rings (SSSR count). The molecule has 3 aromatic rings. The number of pyridine rings is 1. The molecule has 1 N–H and O–H groups in total. The van der Waals surface area contributed by atoms with Gasteiger partial charge in [-0.15, -0.1) is 11.3 Å². The largest absolute Gasteiger partial charge is 0.505 e. The summed E-state index contributed by atoms with van der Waals surface area (Å²) in [4.78, 5) is 8.63. The smallest absolute Gasteiger partial charge is 0.152 e. The Balaban J connectivity index is 2.39. The molecule has 0 saturated carbocycles. The van der Waals surface area contributed by atoms with Crippen molar-refractivity contribution in [3.8, 4) is 16.5 Å². The summed E-state index contributed by atoms with van der Waals surface area (Å²) in [5.74, 6) is 0.209. The van der Waals surface area contributed by atoms with E-state index in [1.807, 2.05) is 36.6 Å². The molecular formula is C13H10N2OS. The first-order valence-electron chi connectivity index (χ1n) is 5.25. The molecule has 1 aromatic carbocycles. The molecule has 2 heterocycles. The molecule has 0 radical (unpaired) electrons. The average molecular weight is 242 g/mol. The van der Waals surface area contributed by atoms with Crippen molar-refractivity contribution in [3.63, 3.8) is 0 Å². The van der Waals surface area contributed by atoms with Gasteiger partial charge in [0.1, 0.15) is 10.7 Å². The van der Waals surface area contributed by atoms with Crippen LogP contribution in [0.4, 0.5) is 0 Å². The summed E-state index contributed by atoms with van der Waals surface area (Å²) in [6, 6.07) is 7.71. The van der Waals surface area contributed by atoms with Crippen molar-refractivity contribution in [2.45, 2.75) is 6.92 Å². The van der Waals surface area contributed by atoms with Gasteiger partial charge in [-0.05, 0) is 6.92 Å². The summed E-state index contributed by atoms with van der Waals surface area (Å²) in [6.45, 7) is 1.94. The van der Waals surface area contributed by atoms with Gasteiger partial charge in [-0.3, -0.25) is 0 Å². The van der Waals surface area contributed by atoms with Crippen LogP contribution in [-0.4, -0.2) is 15.1 Å². The number of hydrogen-bond acceptors (Lipinski definition) is 4. The zero-order chi connectivity index (χ0) is 11.8. The van der Waals surface area contributed by atoms with Crippen molar-refractivity contribution in [1.29, 1.82) is 0 Å². The van der Waals surface area contributed by atoms with Crippen LogP contribution in [-0.2, 0) is 0 Å². The Morgan fingerprint density at radius 3 is 2.65 bits per heavy atom. The van der Waals surface area contributed by atoms with Crippen LogP contribution >= 0.6 is 11.3 Å². The highest BCUT2D eigenvalue weighted by Crippen LogP contribution is 2.35. The molecule has 0 fully saturated rings. The van der Waals surface area contributed by atoms with Gasteiger partial charge in [0.2, 0.25) is 0 Å². The molecule has 0 aliphatic heterocycles. The lowest BCUT2D eigenvalue weighted by Crippen LogP contribution is -1.90. The predicted octanol–water partition coefficient (Wildman–Crippen LogP) is 3.37. The molecule has 17 heavy (non-hydrogen) atoms. The molecule has 3 nitrogen and oxygen atoms in total. The number of fused-ring (bicyclic) bond motifs is 1. The summed E-state index contributed by atoms with van der Waals surface area (Å²) in [5.41, 5.74) is 1.47. The first-order chi connectivity index (χ1) is 8.27. The van der Waals surface area contributed by atoms with Crippen molar-refractivity contribution in [3.05, 3.63) is 41.5 Å². The van der Waals surface area contributed by atoms with Gasteiger partial charge >= 0.3 is 0 Å². The Hall–Kier alpha value is -1.94. The second-order valence-corrected chi connectivity index (χ2v) is 4.67. The number of nitrogens with zero attached hydrogens (tertiary/aromatic N) is 2. The average Bonchev–Trinajstić information content (AvgIpc) is 2.87. The summed E-state index contributed by atoms with van der Waals surface area (Å²) in [7, 11) is 0. The minimum Gasteiger partial charge on any atom is -0.505 e. The van der Waals surface area contributed by atoms with Gasteiger partial charge in [0.25, 0.3) is 0 Å². The maximum Gasteiger partial charge on any atom is 0.152 e. The van der Waals surface area contributed by atoms with Gasteiger partial charge in [-0.1, -0.05) is 24.3 Å². The zero-order valence-corrected chi connectivity index (χ0v) is 10.0. The SMILES string of the molecule is Cc1nc(-c2nccs2)c(O)c2ccccc12. The maximum absolute atomic E-state index is 10.2. The van der Waals surface area contributed by atoms with Gasteiger partial charge in [0.15, 0.2) is 5.75 Å². The van der Waals surface area contributed by atoms with Crippen LogP contribution in [0.15, 0.2) is 35.8 Å². The molecule has 4 heteroatoms. The molecule has 0 spiro atoms. The van der Waals surface area contributed by atoms with Gasteiger partial charge in [0.05, 0.1) is 0 Å². The summed E-state index contributed by atoms with van der Waals surface area (Å²) in [5, 5.41) is 14.7. The normalized spacial score (nSPS) is 10.9. The lowest BCUT2D eigenvalue weighted by molar-refractivity contribution is 0.481. The van der Waals surface area contributed by atoms with E-state index < -0.39 is 0 Å². The minimum atomic E-state index is 0.209. The van der Waals surface area contributed by atoms with Crippen LogP contribution in [0, 0.1) is 6.92 Å². The third kappa shape index (κ3) is 1.57. The van der Waals surface area contributed by atoms with E-state index in [1.54, 1.807) is 6.20 Å². The summed E-state index contributed by atoms with van der Waals surface area (Å²) in [6.07, 6.45) is 1.71. The number of aromatic hydroxyl groups is 1. The van der Waals surface area contributed by atoms with Crippen molar-refractivity contribution < 1.29 is 5.11 Å². The lowest BCUT2D eigenvalue weighted by atomic mass is 10.1. The fourth-order valence-corrected chi connectivity index (χ4v) is 2.53. The summed E-state index contributed by atoms with van der Waals surface area (Å²) >= 11 is 1.47. The van der Waals surface area contributed by atoms with Gasteiger partial charge < -0.3 is 5.11 Å². The summed E-state index contributed by atoms with van der Waals surface area (Å²) < 4.78 is 0. The van der Waals surface area contributed by atoms with E-state index in [2.05, 4.69) is 9.97 Å². The number of aromatic nitrogens is 2. The Morgan fingerprint density at radius 1 is 1.18 bits per heavy atom. The third-order valence-electron chi connectivity index (χ3n) is 2.71. The zero-order valence-electron chi connectivity index (χ0n) is 9.21. The predicted molar refractivity (Wildman–Crippen MR) is 69.3 cm³/mol. The third-order valence-corrected chi connectivity index (χ3v) is 3.49. The van der Waals surface area contributed by atoms with E-state index >= 15 is 0 Å². The second-order valence-electron chi connectivity index (χ2n) is 3.78. The van der Waals surface area contributed by atoms with Crippen LogP contribution in [0.2, 0.25) is 0 Å². The molecular weight excluding hydrogens is 232 g/mol. The monoisotopic (exact) mass is 242 g/mol. The van der Waals surface area contributed by atoms with E-state index in [-0.39, 0.29) is 5.75 Å². The van der Waals surface area contributed by atoms with Crippen molar-refractivity contribution >= 4 is 22.1 Å². The lowest BCUT2D eigenvalue weighted by Gasteiger charge is -2.07. The first kappa shape index (κ1) is 10.2. The van der Waals surface area contributed by atoms with E-state index in [0.717, 1.165) is 21.5 Å². The number of thiazole rings is 1. The Kier molecular flexibility index (Phi) is 2.30. The van der Waals surface area contributed by atoms with E-state index in [9.17, 15) is 5.11 Å². The van der Waals surface area contributed by atoms with Crippen molar-refractivity contribution in [2.24, 2.45) is 0 Å². The standard InChI is InChI=1S/C13H10N2OS/c1-8-9-4-2-3-5-10(9)12(16)11(15-8)13-14-6-7-17-13/h2-7,16H,1H3. The first-order valence-corrected chi connectivity index (χ1v) is 6.13. The van der Waals surface area contributed by atoms with Gasteiger partial charge in [-0.25, -0.2) is 9.97 Å². The maximum atomic E-state index is 10.2. The highest BCUT2D eigenvalue weighted by atomic mass is 32.1. The van der Waals surface area contributed by atoms with E-state index in [0.29, 0.717) is 5.69 Å². The number of hydrogen-bond donors (Lipinski definition) is 1. The van der Waals surface area contributed by atoms with E-state index in [4.69, 9.17) is 0 Å². The van der Waals surface area contributed by atoms with Crippen molar-refractivity contribution in [2.75, 3.05) is 0 Å². The molecule has 0 aliphatic rings. The van der Waals surface area contributed by atoms with Crippen molar-refractivity contribution in [1.82, 2.24) is 9.97 Å². The molecule has 0 aliphatic carbocycles. The molecule has 0 unspecified atom stereocenters.